The number of aromatic nitrogens is 1. The van der Waals surface area contributed by atoms with E-state index < -0.39 is 11.2 Å². The highest BCUT2D eigenvalue weighted by Gasteiger charge is 1.99. The Morgan fingerprint density at radius 3 is 2.89 bits per heavy atom. The summed E-state index contributed by atoms with van der Waals surface area (Å²) in [7, 11) is 0. The lowest BCUT2D eigenvalue weighted by atomic mass is 10.5. The minimum absolute atomic E-state index is 0.769. The van der Waals surface area contributed by atoms with Gasteiger partial charge in [0.05, 0.1) is 6.20 Å². The molecule has 1 atom stereocenters. The molecule has 0 N–H and O–H groups in total. The Hall–Kier alpha value is -0.540. The molecule has 0 aliphatic carbocycles. The van der Waals surface area contributed by atoms with Gasteiger partial charge >= 0.3 is 0 Å². The van der Waals surface area contributed by atoms with Crippen LogP contribution in [0.25, 0.3) is 0 Å². The van der Waals surface area contributed by atoms with Gasteiger partial charge in [-0.2, -0.15) is 0 Å². The maximum atomic E-state index is 10.7. The molecule has 0 fully saturated rings. The molecule has 0 saturated carbocycles. The van der Waals surface area contributed by atoms with Gasteiger partial charge in [0.2, 0.25) is 0 Å². The minimum Gasteiger partial charge on any atom is -0.612 e. The van der Waals surface area contributed by atoms with E-state index in [1.807, 2.05) is 0 Å². The van der Waals surface area contributed by atoms with Crippen LogP contribution in [0.4, 0.5) is 0 Å². The summed E-state index contributed by atoms with van der Waals surface area (Å²) in [6.07, 6.45) is 5.81. The van der Waals surface area contributed by atoms with Crippen LogP contribution in [-0.4, -0.2) is 15.8 Å². The molecule has 1 heterocycles. The summed E-state index contributed by atoms with van der Waals surface area (Å²) in [5, 5.41) is 0. The molecule has 0 saturated heterocycles. The maximum Gasteiger partial charge on any atom is 0.156 e. The Kier molecular flexibility index (Phi) is 2.08. The molecule has 1 radical (unpaired) electrons. The predicted molar refractivity (Wildman–Crippen MR) is 35.4 cm³/mol. The molecule has 3 heteroatoms. The van der Waals surface area contributed by atoms with Crippen molar-refractivity contribution < 1.29 is 4.55 Å². The number of rotatable bonds is 1. The second-order valence-corrected chi connectivity index (χ2v) is 2.95. The van der Waals surface area contributed by atoms with Gasteiger partial charge in [0.25, 0.3) is 0 Å². The summed E-state index contributed by atoms with van der Waals surface area (Å²) < 4.78 is 10.7. The van der Waals surface area contributed by atoms with Gasteiger partial charge < -0.3 is 4.55 Å². The molecule has 1 unspecified atom stereocenters. The Balaban J connectivity index is 2.85. The molecule has 0 aromatic carbocycles. The lowest BCUT2D eigenvalue weighted by molar-refractivity contribution is 0.600. The van der Waals surface area contributed by atoms with Gasteiger partial charge in [-0.25, -0.2) is 0 Å². The fourth-order valence-corrected chi connectivity index (χ4v) is 0.953. The van der Waals surface area contributed by atoms with Crippen LogP contribution >= 0.6 is 0 Å². The summed E-state index contributed by atoms with van der Waals surface area (Å²) in [4.78, 5) is 4.44. The largest absolute Gasteiger partial charge is 0.612 e. The van der Waals surface area contributed by atoms with Crippen LogP contribution in [0.5, 0.6) is 0 Å². The molecule has 0 aliphatic heterocycles. The number of hydrogen-bond donors (Lipinski definition) is 0. The summed E-state index contributed by atoms with van der Waals surface area (Å²) >= 11 is -0.900. The first-order valence-corrected chi connectivity index (χ1v) is 4.02. The molecular formula is C6H6NOS. The molecule has 0 aliphatic rings. The van der Waals surface area contributed by atoms with Gasteiger partial charge in [-0.3, -0.25) is 4.98 Å². The second kappa shape index (κ2) is 2.85. The summed E-state index contributed by atoms with van der Waals surface area (Å²) in [6, 6.07) is 3.34. The van der Waals surface area contributed by atoms with Crippen molar-refractivity contribution in [2.24, 2.45) is 0 Å². The quantitative estimate of drug-likeness (QED) is 0.536. The zero-order valence-corrected chi connectivity index (χ0v) is 5.81. The monoisotopic (exact) mass is 140 g/mol. The van der Waals surface area contributed by atoms with E-state index in [1.165, 1.54) is 0 Å². The van der Waals surface area contributed by atoms with Crippen molar-refractivity contribution >= 4 is 11.2 Å². The lowest BCUT2D eigenvalue weighted by Crippen LogP contribution is -1.96. The minimum atomic E-state index is -0.900. The molecule has 1 rings (SSSR count). The van der Waals surface area contributed by atoms with Crippen molar-refractivity contribution in [2.45, 2.75) is 4.90 Å². The van der Waals surface area contributed by atoms with E-state index >= 15 is 0 Å². The third-order valence-corrected chi connectivity index (χ3v) is 1.84. The van der Waals surface area contributed by atoms with E-state index in [-0.39, 0.29) is 0 Å². The highest BCUT2D eigenvalue weighted by atomic mass is 32.2. The van der Waals surface area contributed by atoms with Crippen molar-refractivity contribution in [1.82, 2.24) is 4.98 Å². The number of hydrogen-bond acceptors (Lipinski definition) is 2. The first kappa shape index (κ1) is 6.58. The predicted octanol–water partition coefficient (Wildman–Crippen LogP) is 0.619. The smallest absolute Gasteiger partial charge is 0.156 e. The highest BCUT2D eigenvalue weighted by Crippen LogP contribution is 2.03. The first-order chi connectivity index (χ1) is 4.30. The Morgan fingerprint density at radius 1 is 1.78 bits per heavy atom. The van der Waals surface area contributed by atoms with Crippen molar-refractivity contribution in [2.75, 3.05) is 6.26 Å². The standard InChI is InChI=1S/C6H6NOS/c1-9(8)6-2-4-7-5-3-6/h2-4H,1H3. The molecule has 0 amide bonds. The van der Waals surface area contributed by atoms with Crippen molar-refractivity contribution in [1.29, 1.82) is 0 Å². The fourth-order valence-electron chi connectivity index (χ4n) is 0.482. The van der Waals surface area contributed by atoms with Crippen LogP contribution < -0.4 is 0 Å². The zero-order chi connectivity index (χ0) is 6.69. The van der Waals surface area contributed by atoms with Gasteiger partial charge in [0.15, 0.2) is 4.90 Å². The van der Waals surface area contributed by atoms with E-state index in [2.05, 4.69) is 11.2 Å². The van der Waals surface area contributed by atoms with Crippen molar-refractivity contribution in [3.63, 3.8) is 0 Å². The maximum absolute atomic E-state index is 10.7. The normalized spacial score (nSPS) is 13.1. The van der Waals surface area contributed by atoms with Crippen LogP contribution in [0.15, 0.2) is 23.2 Å². The third-order valence-electron chi connectivity index (χ3n) is 0.927. The number of pyridine rings is 1. The summed E-state index contributed by atoms with van der Waals surface area (Å²) in [5.74, 6) is 0. The van der Waals surface area contributed by atoms with Gasteiger partial charge in [0.1, 0.15) is 6.26 Å². The van der Waals surface area contributed by atoms with Crippen LogP contribution in [0.3, 0.4) is 0 Å². The SMILES string of the molecule is C[S+]([O-])c1c[c]ncc1. The van der Waals surface area contributed by atoms with Crippen LogP contribution in [0, 0.1) is 6.20 Å². The second-order valence-electron chi connectivity index (χ2n) is 1.57. The molecule has 1 aromatic heterocycles. The zero-order valence-electron chi connectivity index (χ0n) is 5.00. The average Bonchev–Trinajstić information content (AvgIpc) is 1.90. The van der Waals surface area contributed by atoms with Crippen molar-refractivity contribution in [3.8, 4) is 0 Å². The van der Waals surface area contributed by atoms with Crippen LogP contribution in [0.2, 0.25) is 0 Å². The van der Waals surface area contributed by atoms with E-state index in [0.717, 1.165) is 4.90 Å². The topological polar surface area (TPSA) is 36.0 Å². The fraction of sp³-hybridized carbons (Fsp3) is 0.167. The van der Waals surface area contributed by atoms with Gasteiger partial charge in [-0.15, -0.1) is 0 Å². The van der Waals surface area contributed by atoms with E-state index in [4.69, 9.17) is 0 Å². The molecule has 2 nitrogen and oxygen atoms in total. The Morgan fingerprint density at radius 2 is 2.56 bits per heavy atom. The first-order valence-electron chi connectivity index (χ1n) is 2.46. The lowest BCUT2D eigenvalue weighted by Gasteiger charge is -2.00. The summed E-state index contributed by atoms with van der Waals surface area (Å²) in [6.45, 7) is 0. The summed E-state index contributed by atoms with van der Waals surface area (Å²) in [5.41, 5.74) is 0. The highest BCUT2D eigenvalue weighted by molar-refractivity contribution is 7.90. The molecule has 0 bridgehead atoms. The van der Waals surface area contributed by atoms with Gasteiger partial charge in [-0.1, -0.05) is 0 Å². The van der Waals surface area contributed by atoms with Gasteiger partial charge in [0, 0.05) is 18.3 Å². The number of nitrogens with zero attached hydrogens (tertiary/aromatic N) is 1. The van der Waals surface area contributed by atoms with Crippen LogP contribution in [0.1, 0.15) is 0 Å². The molecule has 0 spiro atoms. The average molecular weight is 140 g/mol. The van der Waals surface area contributed by atoms with Crippen LogP contribution in [-0.2, 0) is 11.2 Å². The molecule has 1 aromatic rings. The Bertz CT molecular complexity index is 176. The van der Waals surface area contributed by atoms with E-state index in [0.29, 0.717) is 0 Å². The molecule has 47 valence electrons. The molecule has 9 heavy (non-hydrogen) atoms. The molecular weight excluding hydrogens is 134 g/mol. The Labute approximate surface area is 57.1 Å². The van der Waals surface area contributed by atoms with Crippen molar-refractivity contribution in [3.05, 3.63) is 24.5 Å². The van der Waals surface area contributed by atoms with E-state index in [9.17, 15) is 4.55 Å². The van der Waals surface area contributed by atoms with E-state index in [1.54, 1.807) is 24.6 Å². The van der Waals surface area contributed by atoms with Gasteiger partial charge in [-0.05, 0) is 11.2 Å². The third kappa shape index (κ3) is 1.69.